The SMILES string of the molecule is N#Cc1c[nH]c(=O)c2[nH]c(C=O)cc12. The molecule has 0 radical (unpaired) electrons. The largest absolute Gasteiger partial charge is 0.348 e. The van der Waals surface area contributed by atoms with Crippen LogP contribution in [-0.2, 0) is 0 Å². The number of hydrogen-bond donors (Lipinski definition) is 2. The lowest BCUT2D eigenvalue weighted by Crippen LogP contribution is -2.05. The summed E-state index contributed by atoms with van der Waals surface area (Å²) >= 11 is 0. The molecule has 0 bridgehead atoms. The van der Waals surface area contributed by atoms with Gasteiger partial charge < -0.3 is 9.97 Å². The van der Waals surface area contributed by atoms with Crippen molar-refractivity contribution >= 4 is 17.2 Å². The Hall–Kier alpha value is -2.35. The highest BCUT2D eigenvalue weighted by Gasteiger charge is 2.07. The molecular weight excluding hydrogens is 182 g/mol. The Kier molecular flexibility index (Phi) is 1.68. The van der Waals surface area contributed by atoms with Crippen molar-refractivity contribution in [3.8, 4) is 6.07 Å². The molecular formula is C9H5N3O2. The van der Waals surface area contributed by atoms with Gasteiger partial charge >= 0.3 is 0 Å². The average molecular weight is 187 g/mol. The normalized spacial score (nSPS) is 9.93. The van der Waals surface area contributed by atoms with E-state index in [0.29, 0.717) is 17.2 Å². The molecule has 0 fully saturated rings. The van der Waals surface area contributed by atoms with E-state index in [0.717, 1.165) is 0 Å². The van der Waals surface area contributed by atoms with Gasteiger partial charge in [-0.05, 0) is 6.07 Å². The smallest absolute Gasteiger partial charge is 0.272 e. The number of hydrogen-bond acceptors (Lipinski definition) is 3. The molecule has 2 aromatic heterocycles. The molecule has 0 spiro atoms. The highest BCUT2D eigenvalue weighted by atomic mass is 16.1. The Morgan fingerprint density at radius 2 is 2.29 bits per heavy atom. The predicted molar refractivity (Wildman–Crippen MR) is 49.0 cm³/mol. The molecule has 0 saturated carbocycles. The molecule has 2 aromatic rings. The van der Waals surface area contributed by atoms with E-state index in [1.165, 1.54) is 12.3 Å². The summed E-state index contributed by atoms with van der Waals surface area (Å²) in [6.45, 7) is 0. The number of pyridine rings is 1. The summed E-state index contributed by atoms with van der Waals surface area (Å²) in [4.78, 5) is 26.8. The second-order valence-electron chi connectivity index (χ2n) is 2.77. The van der Waals surface area contributed by atoms with Gasteiger partial charge in [0.05, 0.1) is 11.3 Å². The molecule has 14 heavy (non-hydrogen) atoms. The maximum absolute atomic E-state index is 11.3. The summed E-state index contributed by atoms with van der Waals surface area (Å²) in [6.07, 6.45) is 1.92. The van der Waals surface area contributed by atoms with E-state index in [2.05, 4.69) is 9.97 Å². The molecule has 2 heterocycles. The van der Waals surface area contributed by atoms with Crippen LogP contribution in [0.1, 0.15) is 16.1 Å². The number of H-pyrrole nitrogens is 2. The number of nitriles is 1. The standard InChI is InChI=1S/C9H5N3O2/c10-2-5-3-11-9(14)8-7(5)1-6(4-13)12-8/h1,3-4,12H,(H,11,14). The van der Waals surface area contributed by atoms with Crippen molar-refractivity contribution in [1.29, 1.82) is 5.26 Å². The number of carbonyl (C=O) groups excluding carboxylic acids is 1. The first kappa shape index (κ1) is 8.26. The third-order valence-corrected chi connectivity index (χ3v) is 1.95. The number of aromatic nitrogens is 2. The second kappa shape index (κ2) is 2.85. The first-order valence-electron chi connectivity index (χ1n) is 3.86. The molecule has 0 amide bonds. The zero-order valence-electron chi connectivity index (χ0n) is 7.00. The van der Waals surface area contributed by atoms with Crippen LogP contribution in [0.5, 0.6) is 0 Å². The van der Waals surface area contributed by atoms with Crippen molar-refractivity contribution in [3.05, 3.63) is 33.9 Å². The monoisotopic (exact) mass is 187 g/mol. The molecule has 68 valence electrons. The Morgan fingerprint density at radius 3 is 2.93 bits per heavy atom. The van der Waals surface area contributed by atoms with E-state index in [1.807, 2.05) is 6.07 Å². The van der Waals surface area contributed by atoms with Gasteiger partial charge in [-0.3, -0.25) is 9.59 Å². The summed E-state index contributed by atoms with van der Waals surface area (Å²) in [6, 6.07) is 3.41. The summed E-state index contributed by atoms with van der Waals surface area (Å²) in [5, 5.41) is 9.20. The molecule has 0 unspecified atom stereocenters. The summed E-state index contributed by atoms with van der Waals surface area (Å²) in [7, 11) is 0. The van der Waals surface area contributed by atoms with Crippen molar-refractivity contribution in [2.24, 2.45) is 0 Å². The maximum atomic E-state index is 11.3. The number of aldehydes is 1. The minimum atomic E-state index is -0.341. The second-order valence-corrected chi connectivity index (χ2v) is 2.77. The highest BCUT2D eigenvalue weighted by Crippen LogP contribution is 2.13. The first-order chi connectivity index (χ1) is 6.76. The molecule has 5 nitrogen and oxygen atoms in total. The number of rotatable bonds is 1. The van der Waals surface area contributed by atoms with Crippen molar-refractivity contribution < 1.29 is 4.79 Å². The Morgan fingerprint density at radius 1 is 1.50 bits per heavy atom. The summed E-state index contributed by atoms with van der Waals surface area (Å²) < 4.78 is 0. The Balaban J connectivity index is 2.97. The van der Waals surface area contributed by atoms with Crippen LogP contribution in [0.2, 0.25) is 0 Å². The fourth-order valence-electron chi connectivity index (χ4n) is 1.31. The third kappa shape index (κ3) is 1.02. The lowest BCUT2D eigenvalue weighted by molar-refractivity contribution is 0.112. The van der Waals surface area contributed by atoms with E-state index in [1.54, 1.807) is 0 Å². The van der Waals surface area contributed by atoms with Crippen LogP contribution < -0.4 is 5.56 Å². The van der Waals surface area contributed by atoms with Crippen LogP contribution >= 0.6 is 0 Å². The van der Waals surface area contributed by atoms with Crippen LogP contribution in [0.25, 0.3) is 10.9 Å². The van der Waals surface area contributed by atoms with Crippen molar-refractivity contribution in [2.45, 2.75) is 0 Å². The van der Waals surface area contributed by atoms with Crippen molar-refractivity contribution in [1.82, 2.24) is 9.97 Å². The Labute approximate surface area is 78.0 Å². The molecule has 2 rings (SSSR count). The van der Waals surface area contributed by atoms with Crippen LogP contribution in [0.4, 0.5) is 0 Å². The number of nitrogens with one attached hydrogen (secondary N) is 2. The lowest BCUT2D eigenvalue weighted by Gasteiger charge is -1.89. The number of aromatic amines is 2. The maximum Gasteiger partial charge on any atom is 0.272 e. The summed E-state index contributed by atoms with van der Waals surface area (Å²) in [5.41, 5.74) is 0.537. The van der Waals surface area contributed by atoms with E-state index in [-0.39, 0.29) is 16.8 Å². The number of nitrogens with zero attached hydrogens (tertiary/aromatic N) is 1. The highest BCUT2D eigenvalue weighted by molar-refractivity contribution is 5.90. The van der Waals surface area contributed by atoms with Crippen LogP contribution in [0.3, 0.4) is 0 Å². The van der Waals surface area contributed by atoms with Crippen LogP contribution in [-0.4, -0.2) is 16.3 Å². The van der Waals surface area contributed by atoms with Crippen molar-refractivity contribution in [3.63, 3.8) is 0 Å². The molecule has 0 aromatic carbocycles. The molecule has 2 N–H and O–H groups in total. The predicted octanol–water partition coefficient (Wildman–Crippen LogP) is 0.540. The van der Waals surface area contributed by atoms with Gasteiger partial charge in [-0.2, -0.15) is 5.26 Å². The molecule has 0 aliphatic carbocycles. The molecule has 0 saturated heterocycles. The summed E-state index contributed by atoms with van der Waals surface area (Å²) in [5.74, 6) is 0. The minimum Gasteiger partial charge on any atom is -0.348 e. The molecule has 5 heteroatoms. The Bertz CT molecular complexity index is 601. The van der Waals surface area contributed by atoms with Gasteiger partial charge in [0.15, 0.2) is 6.29 Å². The zero-order chi connectivity index (χ0) is 10.1. The number of fused-ring (bicyclic) bond motifs is 1. The number of carbonyl (C=O) groups is 1. The van der Waals surface area contributed by atoms with Gasteiger partial charge in [0.1, 0.15) is 11.6 Å². The van der Waals surface area contributed by atoms with Crippen molar-refractivity contribution in [2.75, 3.05) is 0 Å². The molecule has 0 aliphatic heterocycles. The third-order valence-electron chi connectivity index (χ3n) is 1.95. The quantitative estimate of drug-likeness (QED) is 0.638. The van der Waals surface area contributed by atoms with Gasteiger partial charge in [-0.1, -0.05) is 0 Å². The van der Waals surface area contributed by atoms with E-state index >= 15 is 0 Å². The fourth-order valence-corrected chi connectivity index (χ4v) is 1.31. The van der Waals surface area contributed by atoms with Gasteiger partial charge in [0, 0.05) is 11.6 Å². The van der Waals surface area contributed by atoms with E-state index < -0.39 is 0 Å². The van der Waals surface area contributed by atoms with Gasteiger partial charge in [0.2, 0.25) is 0 Å². The topological polar surface area (TPSA) is 89.5 Å². The molecule has 0 aliphatic rings. The van der Waals surface area contributed by atoms with Crippen LogP contribution in [0, 0.1) is 11.3 Å². The van der Waals surface area contributed by atoms with E-state index in [9.17, 15) is 9.59 Å². The van der Waals surface area contributed by atoms with E-state index in [4.69, 9.17) is 5.26 Å². The zero-order valence-corrected chi connectivity index (χ0v) is 7.00. The minimum absolute atomic E-state index is 0.256. The van der Waals surface area contributed by atoms with Crippen LogP contribution in [0.15, 0.2) is 17.1 Å². The van der Waals surface area contributed by atoms with Gasteiger partial charge in [-0.25, -0.2) is 0 Å². The van der Waals surface area contributed by atoms with Gasteiger partial charge in [-0.15, -0.1) is 0 Å². The van der Waals surface area contributed by atoms with Gasteiger partial charge in [0.25, 0.3) is 5.56 Å². The fraction of sp³-hybridized carbons (Fsp3) is 0. The average Bonchev–Trinajstić information content (AvgIpc) is 2.63. The first-order valence-corrected chi connectivity index (χ1v) is 3.86. The molecule has 0 atom stereocenters. The lowest BCUT2D eigenvalue weighted by atomic mass is 10.2.